The van der Waals surface area contributed by atoms with E-state index in [0.29, 0.717) is 0 Å². The summed E-state index contributed by atoms with van der Waals surface area (Å²) in [5.74, 6) is 5.31. The second kappa shape index (κ2) is 3.72. The molecule has 2 fully saturated rings. The summed E-state index contributed by atoms with van der Waals surface area (Å²) in [6.45, 7) is 3.59. The first kappa shape index (κ1) is 8.47. The van der Waals surface area contributed by atoms with Gasteiger partial charge in [0.2, 0.25) is 0 Å². The third-order valence-electron chi connectivity index (χ3n) is 2.85. The van der Waals surface area contributed by atoms with E-state index in [0.717, 1.165) is 18.4 Å². The van der Waals surface area contributed by atoms with Gasteiger partial charge in [0.05, 0.1) is 6.54 Å². The van der Waals surface area contributed by atoms with Crippen LogP contribution in [0, 0.1) is 23.0 Å². The van der Waals surface area contributed by atoms with Crippen molar-refractivity contribution < 1.29 is 0 Å². The molecule has 0 aromatic rings. The lowest BCUT2D eigenvalue weighted by Gasteiger charge is -2.23. The number of fused-ring (bicyclic) bond motifs is 1. The SMILES string of the molecule is CSC#CCN1CCC2CC2C1. The van der Waals surface area contributed by atoms with Crippen LogP contribution >= 0.6 is 11.8 Å². The van der Waals surface area contributed by atoms with E-state index in [-0.39, 0.29) is 0 Å². The quantitative estimate of drug-likeness (QED) is 0.566. The number of likely N-dealkylation sites (tertiary alicyclic amines) is 1. The van der Waals surface area contributed by atoms with Gasteiger partial charge in [-0.3, -0.25) is 4.90 Å². The summed E-state index contributed by atoms with van der Waals surface area (Å²) < 4.78 is 0. The Hall–Kier alpha value is -0.130. The van der Waals surface area contributed by atoms with Gasteiger partial charge >= 0.3 is 0 Å². The van der Waals surface area contributed by atoms with Gasteiger partial charge in [-0.1, -0.05) is 17.7 Å². The van der Waals surface area contributed by atoms with Gasteiger partial charge in [-0.25, -0.2) is 0 Å². The Kier molecular flexibility index (Phi) is 2.63. The van der Waals surface area contributed by atoms with Crippen LogP contribution < -0.4 is 0 Å². The molecular formula is C10H15NS. The number of rotatable bonds is 1. The van der Waals surface area contributed by atoms with Gasteiger partial charge in [-0.15, -0.1) is 0 Å². The summed E-state index contributed by atoms with van der Waals surface area (Å²) >= 11 is 1.61. The van der Waals surface area contributed by atoms with Crippen LogP contribution in [-0.4, -0.2) is 30.8 Å². The fraction of sp³-hybridized carbons (Fsp3) is 0.800. The molecule has 0 aromatic carbocycles. The Labute approximate surface area is 78.9 Å². The molecule has 0 spiro atoms. The van der Waals surface area contributed by atoms with E-state index in [4.69, 9.17) is 0 Å². The maximum Gasteiger partial charge on any atom is 0.0610 e. The van der Waals surface area contributed by atoms with Gasteiger partial charge in [0, 0.05) is 6.54 Å². The zero-order valence-corrected chi connectivity index (χ0v) is 8.36. The smallest absolute Gasteiger partial charge is 0.0610 e. The van der Waals surface area contributed by atoms with Crippen LogP contribution in [0.15, 0.2) is 0 Å². The highest BCUT2D eigenvalue weighted by atomic mass is 32.2. The Balaban J connectivity index is 1.73. The fourth-order valence-corrected chi connectivity index (χ4v) is 2.23. The molecule has 2 aliphatic rings. The summed E-state index contributed by atoms with van der Waals surface area (Å²) in [5, 5.41) is 3.05. The third kappa shape index (κ3) is 1.97. The summed E-state index contributed by atoms with van der Waals surface area (Å²) in [6, 6.07) is 0. The van der Waals surface area contributed by atoms with Crippen molar-refractivity contribution >= 4 is 11.8 Å². The molecule has 0 bridgehead atoms. The lowest BCUT2D eigenvalue weighted by molar-refractivity contribution is 0.245. The molecule has 1 aliphatic heterocycles. The zero-order chi connectivity index (χ0) is 8.39. The van der Waals surface area contributed by atoms with Gasteiger partial charge < -0.3 is 0 Å². The first-order valence-corrected chi connectivity index (χ1v) is 5.86. The summed E-state index contributed by atoms with van der Waals surface area (Å²) in [7, 11) is 0. The zero-order valence-electron chi connectivity index (χ0n) is 7.55. The maximum atomic E-state index is 3.18. The molecule has 2 atom stereocenters. The van der Waals surface area contributed by atoms with E-state index in [1.54, 1.807) is 11.8 Å². The first-order valence-electron chi connectivity index (χ1n) is 4.63. The third-order valence-corrected chi connectivity index (χ3v) is 3.20. The molecule has 1 aliphatic carbocycles. The van der Waals surface area contributed by atoms with Gasteiger partial charge in [0.25, 0.3) is 0 Å². The van der Waals surface area contributed by atoms with Crippen LogP contribution in [0.3, 0.4) is 0 Å². The number of hydrogen-bond acceptors (Lipinski definition) is 2. The Morgan fingerprint density at radius 2 is 2.42 bits per heavy atom. The highest BCUT2D eigenvalue weighted by Crippen LogP contribution is 2.44. The van der Waals surface area contributed by atoms with Crippen molar-refractivity contribution in [2.24, 2.45) is 11.8 Å². The molecule has 66 valence electrons. The largest absolute Gasteiger partial charge is 0.292 e. The molecule has 0 N–H and O–H groups in total. The van der Waals surface area contributed by atoms with E-state index in [1.165, 1.54) is 25.9 Å². The number of hydrogen-bond donors (Lipinski definition) is 0. The standard InChI is InChI=1S/C10H15NS/c1-12-6-2-4-11-5-3-9-7-10(9)8-11/h9-10H,3-5,7-8H2,1H3. The van der Waals surface area contributed by atoms with Gasteiger partial charge in [0.1, 0.15) is 0 Å². The minimum Gasteiger partial charge on any atom is -0.292 e. The van der Waals surface area contributed by atoms with Crippen LogP contribution in [0.25, 0.3) is 0 Å². The van der Waals surface area contributed by atoms with Crippen molar-refractivity contribution in [3.63, 3.8) is 0 Å². The number of piperidine rings is 1. The highest BCUT2D eigenvalue weighted by Gasteiger charge is 2.40. The molecule has 0 radical (unpaired) electrons. The molecule has 12 heavy (non-hydrogen) atoms. The molecule has 1 heterocycles. The average Bonchev–Trinajstić information content (AvgIpc) is 2.83. The predicted octanol–water partition coefficient (Wildman–Crippen LogP) is 1.65. The Morgan fingerprint density at radius 3 is 3.17 bits per heavy atom. The van der Waals surface area contributed by atoms with Gasteiger partial charge in [0.15, 0.2) is 0 Å². The molecule has 2 heteroatoms. The van der Waals surface area contributed by atoms with Crippen LogP contribution in [0.5, 0.6) is 0 Å². The maximum absolute atomic E-state index is 3.18. The van der Waals surface area contributed by atoms with Crippen molar-refractivity contribution in [3.8, 4) is 11.2 Å². The summed E-state index contributed by atoms with van der Waals surface area (Å²) in [5.41, 5.74) is 0. The van der Waals surface area contributed by atoms with E-state index < -0.39 is 0 Å². The molecular weight excluding hydrogens is 166 g/mol. The normalized spacial score (nSPS) is 33.4. The minimum atomic E-state index is 0.990. The summed E-state index contributed by atoms with van der Waals surface area (Å²) in [6.07, 6.45) is 4.94. The molecule has 1 nitrogen and oxygen atoms in total. The molecule has 0 aromatic heterocycles. The Bertz CT molecular complexity index is 216. The lowest BCUT2D eigenvalue weighted by atomic mass is 10.1. The second-order valence-corrected chi connectivity index (χ2v) is 4.37. The van der Waals surface area contributed by atoms with E-state index in [1.807, 2.05) is 6.26 Å². The molecule has 2 rings (SSSR count). The van der Waals surface area contributed by atoms with E-state index >= 15 is 0 Å². The van der Waals surface area contributed by atoms with E-state index in [9.17, 15) is 0 Å². The highest BCUT2D eigenvalue weighted by molar-refractivity contribution is 8.03. The second-order valence-electron chi connectivity index (χ2n) is 3.76. The van der Waals surface area contributed by atoms with Crippen molar-refractivity contribution in [1.29, 1.82) is 0 Å². The van der Waals surface area contributed by atoms with Crippen molar-refractivity contribution in [2.45, 2.75) is 12.8 Å². The van der Waals surface area contributed by atoms with Crippen molar-refractivity contribution in [2.75, 3.05) is 25.9 Å². The van der Waals surface area contributed by atoms with Crippen LogP contribution in [-0.2, 0) is 0 Å². The Morgan fingerprint density at radius 1 is 1.50 bits per heavy atom. The molecule has 2 unspecified atom stereocenters. The monoisotopic (exact) mass is 181 g/mol. The van der Waals surface area contributed by atoms with Gasteiger partial charge in [-0.05, 0) is 42.7 Å². The lowest BCUT2D eigenvalue weighted by Crippen LogP contribution is -2.31. The van der Waals surface area contributed by atoms with Crippen molar-refractivity contribution in [3.05, 3.63) is 0 Å². The average molecular weight is 181 g/mol. The van der Waals surface area contributed by atoms with Crippen LogP contribution in [0.1, 0.15) is 12.8 Å². The number of nitrogens with zero attached hydrogens (tertiary/aromatic N) is 1. The van der Waals surface area contributed by atoms with Gasteiger partial charge in [-0.2, -0.15) is 0 Å². The predicted molar refractivity (Wildman–Crippen MR) is 53.9 cm³/mol. The van der Waals surface area contributed by atoms with Crippen molar-refractivity contribution in [1.82, 2.24) is 4.90 Å². The van der Waals surface area contributed by atoms with Crippen LogP contribution in [0.2, 0.25) is 0 Å². The molecule has 1 saturated carbocycles. The summed E-state index contributed by atoms with van der Waals surface area (Å²) in [4.78, 5) is 2.50. The van der Waals surface area contributed by atoms with E-state index in [2.05, 4.69) is 16.1 Å². The van der Waals surface area contributed by atoms with Crippen LogP contribution in [0.4, 0.5) is 0 Å². The topological polar surface area (TPSA) is 3.24 Å². The fourth-order valence-electron chi connectivity index (χ4n) is 2.02. The minimum absolute atomic E-state index is 0.990. The number of thioether (sulfide) groups is 1. The molecule has 0 amide bonds. The molecule has 1 saturated heterocycles. The first-order chi connectivity index (χ1) is 5.90.